The maximum Gasteiger partial charge on any atom is 0.346 e. The molecule has 0 aliphatic heterocycles. The molecule has 1 aromatic heterocycles. The van der Waals surface area contributed by atoms with E-state index in [0.717, 1.165) is 0 Å². The van der Waals surface area contributed by atoms with Crippen molar-refractivity contribution in [2.45, 2.75) is 26.1 Å². The van der Waals surface area contributed by atoms with E-state index in [9.17, 15) is 14.4 Å². The first-order valence-electron chi connectivity index (χ1n) is 8.84. The molecular formula is C21H20O8. The minimum absolute atomic E-state index is 0.0759. The van der Waals surface area contributed by atoms with Gasteiger partial charge < -0.3 is 23.4 Å². The van der Waals surface area contributed by atoms with Gasteiger partial charge in [-0.15, -0.1) is 0 Å². The molecule has 29 heavy (non-hydrogen) atoms. The molecule has 3 rings (SSSR count). The molecule has 0 unspecified atom stereocenters. The van der Waals surface area contributed by atoms with Gasteiger partial charge in [0.05, 0.1) is 19.6 Å². The predicted molar refractivity (Wildman–Crippen MR) is 104 cm³/mol. The topological polar surface area (TPSA) is 101 Å². The molecule has 8 heteroatoms. The second kappa shape index (κ2) is 8.22. The average Bonchev–Trinajstić information content (AvgIpc) is 2.72. The van der Waals surface area contributed by atoms with Gasteiger partial charge in [-0.2, -0.15) is 0 Å². The standard InChI is InChI=1S/C21H20O8/c1-11(20(23)25-3)27-13-9-16(28-12(2)21(24)26-4)18-17(10-13)29-15-8-6-5-7-14(15)19(18)22/h5-12H,1-4H3/t11-,12-/m0/s1. The Labute approximate surface area is 165 Å². The van der Waals surface area contributed by atoms with E-state index in [1.54, 1.807) is 24.3 Å². The minimum Gasteiger partial charge on any atom is -0.479 e. The number of methoxy groups -OCH3 is 2. The first kappa shape index (κ1) is 20.2. The average molecular weight is 400 g/mol. The molecule has 1 heterocycles. The van der Waals surface area contributed by atoms with Crippen LogP contribution in [0, 0.1) is 0 Å². The van der Waals surface area contributed by atoms with Gasteiger partial charge in [0.25, 0.3) is 0 Å². The highest BCUT2D eigenvalue weighted by Crippen LogP contribution is 2.32. The van der Waals surface area contributed by atoms with E-state index in [-0.39, 0.29) is 27.9 Å². The van der Waals surface area contributed by atoms with Crippen LogP contribution in [-0.2, 0) is 19.1 Å². The van der Waals surface area contributed by atoms with Crippen LogP contribution >= 0.6 is 0 Å². The third-order valence-electron chi connectivity index (χ3n) is 4.30. The summed E-state index contributed by atoms with van der Waals surface area (Å²) in [5, 5.41) is 0.518. The van der Waals surface area contributed by atoms with Crippen molar-refractivity contribution in [3.8, 4) is 11.5 Å². The summed E-state index contributed by atoms with van der Waals surface area (Å²) in [6.45, 7) is 3.01. The zero-order valence-electron chi connectivity index (χ0n) is 16.4. The Balaban J connectivity index is 2.19. The predicted octanol–water partition coefficient (Wildman–Crippen LogP) is 2.83. The van der Waals surface area contributed by atoms with E-state index in [2.05, 4.69) is 9.47 Å². The lowest BCUT2D eigenvalue weighted by Crippen LogP contribution is -2.26. The zero-order valence-corrected chi connectivity index (χ0v) is 16.4. The summed E-state index contributed by atoms with van der Waals surface area (Å²) in [7, 11) is 2.49. The maximum absolute atomic E-state index is 13.0. The maximum atomic E-state index is 13.0. The lowest BCUT2D eigenvalue weighted by atomic mass is 10.1. The molecule has 0 amide bonds. The summed E-state index contributed by atoms with van der Waals surface area (Å²) in [4.78, 5) is 36.5. The summed E-state index contributed by atoms with van der Waals surface area (Å²) in [5.74, 6) is -0.902. The molecule has 2 aromatic carbocycles. The minimum atomic E-state index is -0.984. The van der Waals surface area contributed by atoms with Gasteiger partial charge >= 0.3 is 11.9 Å². The number of hydrogen-bond donors (Lipinski definition) is 0. The Morgan fingerprint density at radius 1 is 0.897 bits per heavy atom. The van der Waals surface area contributed by atoms with Gasteiger partial charge in [0.1, 0.15) is 28.1 Å². The zero-order chi connectivity index (χ0) is 21.1. The Hall–Kier alpha value is -3.55. The highest BCUT2D eigenvalue weighted by Gasteiger charge is 2.22. The third kappa shape index (κ3) is 4.01. The van der Waals surface area contributed by atoms with Crippen LogP contribution in [0.4, 0.5) is 0 Å². The molecule has 0 saturated carbocycles. The van der Waals surface area contributed by atoms with E-state index in [1.165, 1.54) is 40.2 Å². The summed E-state index contributed by atoms with van der Waals surface area (Å²) < 4.78 is 26.5. The largest absolute Gasteiger partial charge is 0.479 e. The second-order valence-corrected chi connectivity index (χ2v) is 6.29. The Bertz CT molecular complexity index is 1130. The first-order valence-corrected chi connectivity index (χ1v) is 8.84. The second-order valence-electron chi connectivity index (χ2n) is 6.29. The van der Waals surface area contributed by atoms with Crippen LogP contribution in [0.2, 0.25) is 0 Å². The summed E-state index contributed by atoms with van der Waals surface area (Å²) >= 11 is 0. The molecule has 0 N–H and O–H groups in total. The monoisotopic (exact) mass is 400 g/mol. The van der Waals surface area contributed by atoms with Crippen molar-refractivity contribution in [3.05, 3.63) is 46.6 Å². The SMILES string of the molecule is COC(=O)[C@H](C)Oc1cc(O[C@@H](C)C(=O)OC)c2c(=O)c3ccccc3oc2c1. The van der Waals surface area contributed by atoms with E-state index < -0.39 is 24.1 Å². The van der Waals surface area contributed by atoms with Crippen molar-refractivity contribution >= 4 is 33.9 Å². The normalized spacial score (nSPS) is 13.0. The fourth-order valence-corrected chi connectivity index (χ4v) is 2.85. The molecule has 0 aliphatic carbocycles. The van der Waals surface area contributed by atoms with Gasteiger partial charge in [0.2, 0.25) is 5.43 Å². The number of benzene rings is 2. The fourth-order valence-electron chi connectivity index (χ4n) is 2.85. The van der Waals surface area contributed by atoms with E-state index in [4.69, 9.17) is 13.9 Å². The number of hydrogen-bond acceptors (Lipinski definition) is 8. The van der Waals surface area contributed by atoms with Gasteiger partial charge in [-0.1, -0.05) is 12.1 Å². The molecule has 0 saturated heterocycles. The Morgan fingerprint density at radius 3 is 2.17 bits per heavy atom. The molecule has 2 atom stereocenters. The first-order chi connectivity index (χ1) is 13.8. The highest BCUT2D eigenvalue weighted by atomic mass is 16.6. The number of esters is 2. The van der Waals surface area contributed by atoms with Crippen LogP contribution < -0.4 is 14.9 Å². The highest BCUT2D eigenvalue weighted by molar-refractivity contribution is 5.94. The molecule has 152 valence electrons. The number of rotatable bonds is 6. The molecular weight excluding hydrogens is 380 g/mol. The summed E-state index contributed by atoms with van der Waals surface area (Å²) in [5.41, 5.74) is 0.256. The number of para-hydroxylation sites is 1. The molecule has 0 aliphatic rings. The van der Waals surface area contributed by atoms with E-state index in [1.807, 2.05) is 0 Å². The van der Waals surface area contributed by atoms with Gasteiger partial charge in [-0.05, 0) is 26.0 Å². The van der Waals surface area contributed by atoms with Crippen molar-refractivity contribution in [2.75, 3.05) is 14.2 Å². The van der Waals surface area contributed by atoms with Crippen LogP contribution in [0.25, 0.3) is 21.9 Å². The Kier molecular flexibility index (Phi) is 5.72. The number of fused-ring (bicyclic) bond motifs is 2. The third-order valence-corrected chi connectivity index (χ3v) is 4.30. The van der Waals surface area contributed by atoms with Gasteiger partial charge in [-0.3, -0.25) is 4.79 Å². The molecule has 0 radical (unpaired) electrons. The van der Waals surface area contributed by atoms with E-state index >= 15 is 0 Å². The van der Waals surface area contributed by atoms with Gasteiger partial charge in [0.15, 0.2) is 12.2 Å². The van der Waals surface area contributed by atoms with Crippen molar-refractivity contribution in [1.82, 2.24) is 0 Å². The molecule has 0 spiro atoms. The van der Waals surface area contributed by atoms with Crippen LogP contribution in [0.5, 0.6) is 11.5 Å². The van der Waals surface area contributed by atoms with Gasteiger partial charge in [0, 0.05) is 12.1 Å². The fraction of sp³-hybridized carbons (Fsp3) is 0.286. The number of carbonyl (C=O) groups is 2. The Morgan fingerprint density at radius 2 is 1.52 bits per heavy atom. The number of carbonyl (C=O) groups excluding carboxylic acids is 2. The smallest absolute Gasteiger partial charge is 0.346 e. The molecule has 0 fully saturated rings. The molecule has 3 aromatic rings. The lowest BCUT2D eigenvalue weighted by molar-refractivity contribution is -0.148. The van der Waals surface area contributed by atoms with Crippen LogP contribution in [0.1, 0.15) is 13.8 Å². The van der Waals surface area contributed by atoms with Crippen LogP contribution in [0.15, 0.2) is 45.6 Å². The quantitative estimate of drug-likeness (QED) is 0.460. The van der Waals surface area contributed by atoms with Crippen molar-refractivity contribution in [3.63, 3.8) is 0 Å². The van der Waals surface area contributed by atoms with Crippen molar-refractivity contribution in [2.24, 2.45) is 0 Å². The molecule has 8 nitrogen and oxygen atoms in total. The van der Waals surface area contributed by atoms with Crippen LogP contribution in [-0.4, -0.2) is 38.4 Å². The molecule has 0 bridgehead atoms. The van der Waals surface area contributed by atoms with Gasteiger partial charge in [-0.25, -0.2) is 9.59 Å². The van der Waals surface area contributed by atoms with Crippen molar-refractivity contribution < 1.29 is 33.0 Å². The van der Waals surface area contributed by atoms with E-state index in [0.29, 0.717) is 11.0 Å². The van der Waals surface area contributed by atoms with Crippen LogP contribution in [0.3, 0.4) is 0 Å². The summed E-state index contributed by atoms with van der Waals surface area (Å²) in [6, 6.07) is 9.67. The number of ether oxygens (including phenoxy) is 4. The van der Waals surface area contributed by atoms with Crippen molar-refractivity contribution in [1.29, 1.82) is 0 Å². The lowest BCUT2D eigenvalue weighted by Gasteiger charge is -2.17. The summed E-state index contributed by atoms with van der Waals surface area (Å²) in [6.07, 6.45) is -1.89.